The second-order valence-electron chi connectivity index (χ2n) is 5.82. The number of carbonyl (C=O) groups is 1. The van der Waals surface area contributed by atoms with Crippen molar-refractivity contribution in [2.24, 2.45) is 5.41 Å². The first-order chi connectivity index (χ1) is 8.37. The van der Waals surface area contributed by atoms with Crippen LogP contribution in [0.2, 0.25) is 0 Å². The summed E-state index contributed by atoms with van der Waals surface area (Å²) in [6, 6.07) is 4.29. The van der Waals surface area contributed by atoms with Crippen LogP contribution < -0.4 is 11.1 Å². The monoisotopic (exact) mass is 250 g/mol. The van der Waals surface area contributed by atoms with Crippen LogP contribution >= 0.6 is 0 Å². The Bertz CT molecular complexity index is 471. The number of nitrogen functional groups attached to an aromatic ring is 1. The van der Waals surface area contributed by atoms with E-state index in [4.69, 9.17) is 5.73 Å². The summed E-state index contributed by atoms with van der Waals surface area (Å²) in [6.45, 7) is 4.37. The van der Waals surface area contributed by atoms with Crippen molar-refractivity contribution in [1.82, 2.24) is 5.32 Å². The van der Waals surface area contributed by atoms with Gasteiger partial charge in [-0.25, -0.2) is 4.39 Å². The molecule has 0 radical (unpaired) electrons. The molecule has 1 aromatic rings. The molecule has 1 aliphatic rings. The van der Waals surface area contributed by atoms with Crippen LogP contribution in [0.1, 0.15) is 43.5 Å². The lowest BCUT2D eigenvalue weighted by molar-refractivity contribution is 0.0932. The maximum absolute atomic E-state index is 13.6. The lowest BCUT2D eigenvalue weighted by atomic mass is 9.92. The number of benzene rings is 1. The van der Waals surface area contributed by atoms with Gasteiger partial charge < -0.3 is 11.1 Å². The number of hydrogen-bond donors (Lipinski definition) is 2. The van der Waals surface area contributed by atoms with Crippen LogP contribution in [0.5, 0.6) is 0 Å². The van der Waals surface area contributed by atoms with E-state index in [-0.39, 0.29) is 22.9 Å². The zero-order valence-electron chi connectivity index (χ0n) is 10.8. The summed E-state index contributed by atoms with van der Waals surface area (Å²) in [5, 5.41) is 2.89. The number of halogens is 1. The fraction of sp³-hybridized carbons (Fsp3) is 0.500. The standard InChI is InChI=1S/C14H19FN2O/c1-14(2)6-5-10(8-14)17-13(18)11-4-3-9(16)7-12(11)15/h3-4,7,10H,5-6,8,16H2,1-2H3,(H,17,18). The van der Waals surface area contributed by atoms with E-state index in [1.165, 1.54) is 18.2 Å². The average molecular weight is 250 g/mol. The summed E-state index contributed by atoms with van der Waals surface area (Å²) < 4.78 is 13.6. The zero-order chi connectivity index (χ0) is 13.3. The Labute approximate surface area is 107 Å². The molecule has 4 heteroatoms. The highest BCUT2D eigenvalue weighted by Crippen LogP contribution is 2.37. The topological polar surface area (TPSA) is 55.1 Å². The quantitative estimate of drug-likeness (QED) is 0.793. The predicted molar refractivity (Wildman–Crippen MR) is 69.7 cm³/mol. The number of anilines is 1. The van der Waals surface area contributed by atoms with Gasteiger partial charge in [0.25, 0.3) is 5.91 Å². The van der Waals surface area contributed by atoms with Crippen LogP contribution in [0, 0.1) is 11.2 Å². The van der Waals surface area contributed by atoms with E-state index in [0.29, 0.717) is 5.69 Å². The Balaban J connectivity index is 2.04. The summed E-state index contributed by atoms with van der Waals surface area (Å²) in [4.78, 5) is 12.0. The number of hydrogen-bond acceptors (Lipinski definition) is 2. The normalized spacial score (nSPS) is 21.8. The smallest absolute Gasteiger partial charge is 0.254 e. The first-order valence-corrected chi connectivity index (χ1v) is 6.23. The summed E-state index contributed by atoms with van der Waals surface area (Å²) in [6.07, 6.45) is 2.98. The Kier molecular flexibility index (Phi) is 3.28. The second-order valence-corrected chi connectivity index (χ2v) is 5.82. The maximum Gasteiger partial charge on any atom is 0.254 e. The van der Waals surface area contributed by atoms with E-state index in [1.54, 1.807) is 0 Å². The second kappa shape index (κ2) is 4.59. The summed E-state index contributed by atoms with van der Waals surface area (Å²) in [5.74, 6) is -0.917. The Morgan fingerprint density at radius 3 is 2.78 bits per heavy atom. The van der Waals surface area contributed by atoms with E-state index in [0.717, 1.165) is 19.3 Å². The van der Waals surface area contributed by atoms with Crippen molar-refractivity contribution in [3.63, 3.8) is 0 Å². The average Bonchev–Trinajstić information content (AvgIpc) is 2.57. The third-order valence-electron chi connectivity index (χ3n) is 3.54. The van der Waals surface area contributed by atoms with Crippen molar-refractivity contribution in [3.05, 3.63) is 29.6 Å². The van der Waals surface area contributed by atoms with Crippen molar-refractivity contribution < 1.29 is 9.18 Å². The largest absolute Gasteiger partial charge is 0.399 e. The molecule has 98 valence electrons. The van der Waals surface area contributed by atoms with E-state index in [2.05, 4.69) is 19.2 Å². The van der Waals surface area contributed by atoms with Crippen molar-refractivity contribution in [2.75, 3.05) is 5.73 Å². The van der Waals surface area contributed by atoms with Gasteiger partial charge in [-0.2, -0.15) is 0 Å². The molecule has 0 aromatic heterocycles. The highest BCUT2D eigenvalue weighted by Gasteiger charge is 2.32. The van der Waals surface area contributed by atoms with Gasteiger partial charge in [-0.1, -0.05) is 13.8 Å². The molecule has 0 spiro atoms. The van der Waals surface area contributed by atoms with Gasteiger partial charge in [0.05, 0.1) is 5.56 Å². The molecule has 3 N–H and O–H groups in total. The van der Waals surface area contributed by atoms with E-state index in [1.807, 2.05) is 0 Å². The van der Waals surface area contributed by atoms with Crippen molar-refractivity contribution in [3.8, 4) is 0 Å². The molecular formula is C14H19FN2O. The minimum absolute atomic E-state index is 0.0638. The predicted octanol–water partition coefficient (Wildman–Crippen LogP) is 2.72. The lowest BCUT2D eigenvalue weighted by Crippen LogP contribution is -2.34. The molecule has 0 saturated heterocycles. The Hall–Kier alpha value is -1.58. The van der Waals surface area contributed by atoms with Gasteiger partial charge in [-0.3, -0.25) is 4.79 Å². The number of nitrogens with two attached hydrogens (primary N) is 1. The fourth-order valence-electron chi connectivity index (χ4n) is 2.54. The van der Waals surface area contributed by atoms with Gasteiger partial charge >= 0.3 is 0 Å². The van der Waals surface area contributed by atoms with Crippen LogP contribution in [0.15, 0.2) is 18.2 Å². The first kappa shape index (κ1) is 12.9. The SMILES string of the molecule is CC1(C)CCC(NC(=O)c2ccc(N)cc2F)C1. The molecule has 0 bridgehead atoms. The Morgan fingerprint density at radius 1 is 1.50 bits per heavy atom. The van der Waals surface area contributed by atoms with E-state index < -0.39 is 5.82 Å². The molecule has 1 aromatic carbocycles. The van der Waals surface area contributed by atoms with Gasteiger partial charge in [0.15, 0.2) is 0 Å². The van der Waals surface area contributed by atoms with Gasteiger partial charge in [0.2, 0.25) is 0 Å². The van der Waals surface area contributed by atoms with E-state index in [9.17, 15) is 9.18 Å². The minimum Gasteiger partial charge on any atom is -0.399 e. The molecule has 0 heterocycles. The summed E-state index contributed by atoms with van der Waals surface area (Å²) in [5.41, 5.74) is 6.11. The molecule has 0 aliphatic heterocycles. The van der Waals surface area contributed by atoms with E-state index >= 15 is 0 Å². The summed E-state index contributed by atoms with van der Waals surface area (Å²) >= 11 is 0. The van der Waals surface area contributed by atoms with Gasteiger partial charge in [-0.05, 0) is 42.9 Å². The molecule has 1 saturated carbocycles. The number of amides is 1. The highest BCUT2D eigenvalue weighted by atomic mass is 19.1. The van der Waals surface area contributed by atoms with Crippen LogP contribution in [-0.4, -0.2) is 11.9 Å². The molecule has 1 fully saturated rings. The number of carbonyl (C=O) groups excluding carboxylic acids is 1. The fourth-order valence-corrected chi connectivity index (χ4v) is 2.54. The molecule has 1 unspecified atom stereocenters. The van der Waals surface area contributed by atoms with Crippen LogP contribution in [0.4, 0.5) is 10.1 Å². The third kappa shape index (κ3) is 2.81. The first-order valence-electron chi connectivity index (χ1n) is 6.23. The van der Waals surface area contributed by atoms with Gasteiger partial charge in [0, 0.05) is 11.7 Å². The molecule has 1 amide bonds. The third-order valence-corrected chi connectivity index (χ3v) is 3.54. The number of nitrogens with one attached hydrogen (secondary N) is 1. The summed E-state index contributed by atoms with van der Waals surface area (Å²) in [7, 11) is 0. The minimum atomic E-state index is -0.565. The zero-order valence-corrected chi connectivity index (χ0v) is 10.8. The van der Waals surface area contributed by atoms with Crippen LogP contribution in [0.3, 0.4) is 0 Å². The molecule has 2 rings (SSSR count). The molecule has 3 nitrogen and oxygen atoms in total. The molecule has 1 atom stereocenters. The van der Waals surface area contributed by atoms with Crippen molar-refractivity contribution in [2.45, 2.75) is 39.2 Å². The number of rotatable bonds is 2. The molecule has 18 heavy (non-hydrogen) atoms. The molecule has 1 aliphatic carbocycles. The van der Waals surface area contributed by atoms with Crippen molar-refractivity contribution >= 4 is 11.6 Å². The maximum atomic E-state index is 13.6. The molecular weight excluding hydrogens is 231 g/mol. The lowest BCUT2D eigenvalue weighted by Gasteiger charge is -2.18. The van der Waals surface area contributed by atoms with Crippen LogP contribution in [-0.2, 0) is 0 Å². The highest BCUT2D eigenvalue weighted by molar-refractivity contribution is 5.95. The van der Waals surface area contributed by atoms with Gasteiger partial charge in [-0.15, -0.1) is 0 Å². The Morgan fingerprint density at radius 2 is 2.22 bits per heavy atom. The van der Waals surface area contributed by atoms with Crippen LogP contribution in [0.25, 0.3) is 0 Å². The van der Waals surface area contributed by atoms with Crippen molar-refractivity contribution in [1.29, 1.82) is 0 Å². The van der Waals surface area contributed by atoms with Gasteiger partial charge in [0.1, 0.15) is 5.82 Å².